The van der Waals surface area contributed by atoms with Crippen LogP contribution in [0.1, 0.15) is 5.56 Å². The summed E-state index contributed by atoms with van der Waals surface area (Å²) in [7, 11) is -2.56. The van der Waals surface area contributed by atoms with Crippen LogP contribution in [0.3, 0.4) is 0 Å². The topological polar surface area (TPSA) is 54.1 Å². The van der Waals surface area contributed by atoms with E-state index in [0.29, 0.717) is 11.4 Å². The minimum absolute atomic E-state index is 0.247. The van der Waals surface area contributed by atoms with Crippen LogP contribution in [0, 0.1) is 27.0 Å². The lowest BCUT2D eigenvalue weighted by Gasteiger charge is -2.09. The van der Waals surface area contributed by atoms with Crippen molar-refractivity contribution >= 4 is 38.7 Å². The standard InChI is InChI=1S/C15H15F3N2OSi.C10H6F3IN2O.C5H10Si/c1-22(2,3)9-8-12-10-19-20(11-12)13-4-6-14(7-5-13)21-15(16,17)18;11-10(12,13)17-9-3-1-8(2-4-9)16-6-7(14)5-15-16;1-5-6(2,3)4/h4-7,10-11H,1-3H3;1-6H;1H,2-4H3. The highest BCUT2D eigenvalue weighted by atomic mass is 127. The molecule has 0 aliphatic carbocycles. The number of benzene rings is 2. The van der Waals surface area contributed by atoms with E-state index < -0.39 is 28.9 Å². The minimum Gasteiger partial charge on any atom is -0.406 e. The average molecular weight is 777 g/mol. The van der Waals surface area contributed by atoms with Crippen LogP contribution in [0.2, 0.25) is 39.3 Å². The number of terminal acetylenes is 1. The van der Waals surface area contributed by atoms with Gasteiger partial charge in [0.05, 0.1) is 32.9 Å². The van der Waals surface area contributed by atoms with E-state index in [-0.39, 0.29) is 11.5 Å². The Morgan fingerprint density at radius 3 is 1.42 bits per heavy atom. The van der Waals surface area contributed by atoms with Gasteiger partial charge in [0.2, 0.25) is 0 Å². The van der Waals surface area contributed by atoms with E-state index in [0.717, 1.165) is 9.13 Å². The first-order valence-corrected chi connectivity index (χ1v) is 21.2. The van der Waals surface area contributed by atoms with Crippen LogP contribution in [-0.4, -0.2) is 48.4 Å². The molecular formula is C30H31F6IN4O2Si2. The van der Waals surface area contributed by atoms with Crippen LogP contribution in [0.5, 0.6) is 11.5 Å². The molecule has 4 rings (SSSR count). The van der Waals surface area contributed by atoms with Crippen LogP contribution >= 0.6 is 22.6 Å². The van der Waals surface area contributed by atoms with Gasteiger partial charge in [-0.1, -0.05) is 45.2 Å². The van der Waals surface area contributed by atoms with E-state index in [9.17, 15) is 26.3 Å². The maximum absolute atomic E-state index is 12.1. The quantitative estimate of drug-likeness (QED) is 0.0900. The SMILES string of the molecule is C#C[Si](C)(C)C.C[Si](C)(C)C#Cc1cnn(-c2ccc(OC(F)(F)F)cc2)c1.FC(F)(F)Oc1ccc(-n2cc(I)cn2)cc1. The number of halogens is 7. The molecule has 0 bridgehead atoms. The fourth-order valence-electron chi connectivity index (χ4n) is 2.83. The van der Waals surface area contributed by atoms with Crippen LogP contribution < -0.4 is 9.47 Å². The summed E-state index contributed by atoms with van der Waals surface area (Å²) in [6.45, 7) is 12.9. The summed E-state index contributed by atoms with van der Waals surface area (Å²) in [6.07, 6.45) is 2.56. The van der Waals surface area contributed by atoms with Gasteiger partial charge in [-0.3, -0.25) is 0 Å². The van der Waals surface area contributed by atoms with Gasteiger partial charge in [-0.2, -0.15) is 10.2 Å². The molecule has 0 amide bonds. The lowest BCUT2D eigenvalue weighted by atomic mass is 10.3. The largest absolute Gasteiger partial charge is 0.573 e. The van der Waals surface area contributed by atoms with Crippen molar-refractivity contribution in [3.63, 3.8) is 0 Å². The number of aromatic nitrogens is 4. The second-order valence-electron chi connectivity index (χ2n) is 11.3. The molecule has 6 nitrogen and oxygen atoms in total. The van der Waals surface area contributed by atoms with Crippen LogP contribution in [0.4, 0.5) is 26.3 Å². The predicted molar refractivity (Wildman–Crippen MR) is 176 cm³/mol. The molecule has 0 aliphatic rings. The molecule has 0 saturated heterocycles. The number of hydrogen-bond donors (Lipinski definition) is 0. The molecule has 4 aromatic rings. The number of alkyl halides is 6. The van der Waals surface area contributed by atoms with Crippen molar-refractivity contribution < 1.29 is 35.8 Å². The molecule has 0 fully saturated rings. The maximum Gasteiger partial charge on any atom is 0.573 e. The van der Waals surface area contributed by atoms with Gasteiger partial charge >= 0.3 is 12.7 Å². The number of nitrogens with zero attached hydrogens (tertiary/aromatic N) is 4. The van der Waals surface area contributed by atoms with E-state index in [4.69, 9.17) is 6.42 Å². The summed E-state index contributed by atoms with van der Waals surface area (Å²) < 4.78 is 83.7. The number of ether oxygens (including phenoxy) is 2. The monoisotopic (exact) mass is 776 g/mol. The second kappa shape index (κ2) is 15.6. The Balaban J connectivity index is 0.000000272. The molecular weight excluding hydrogens is 745 g/mol. The molecule has 45 heavy (non-hydrogen) atoms. The Kier molecular flexibility index (Phi) is 13.0. The summed E-state index contributed by atoms with van der Waals surface area (Å²) in [5.74, 6) is 2.56. The van der Waals surface area contributed by atoms with Gasteiger partial charge in [-0.25, -0.2) is 9.36 Å². The molecule has 0 radical (unpaired) electrons. The Bertz CT molecular complexity index is 1620. The van der Waals surface area contributed by atoms with Gasteiger partial charge in [-0.15, -0.1) is 43.9 Å². The zero-order valence-corrected chi connectivity index (χ0v) is 29.4. The van der Waals surface area contributed by atoms with Gasteiger partial charge in [0.25, 0.3) is 0 Å². The van der Waals surface area contributed by atoms with E-state index in [1.807, 2.05) is 0 Å². The zero-order valence-electron chi connectivity index (χ0n) is 25.3. The fraction of sp³-hybridized carbons (Fsp3) is 0.267. The Morgan fingerprint density at radius 1 is 0.689 bits per heavy atom. The molecule has 0 aliphatic heterocycles. The van der Waals surface area contributed by atoms with Gasteiger partial charge in [0.1, 0.15) is 27.6 Å². The lowest BCUT2D eigenvalue weighted by Crippen LogP contribution is -2.17. The molecule has 2 heterocycles. The number of rotatable bonds is 4. The summed E-state index contributed by atoms with van der Waals surface area (Å²) in [5.41, 5.74) is 8.05. The van der Waals surface area contributed by atoms with Gasteiger partial charge in [0, 0.05) is 12.4 Å². The third-order valence-electron chi connectivity index (χ3n) is 4.82. The normalized spacial score (nSPS) is 11.5. The van der Waals surface area contributed by atoms with E-state index in [1.54, 1.807) is 34.2 Å². The molecule has 0 unspecified atom stereocenters. The van der Waals surface area contributed by atoms with Crippen LogP contribution in [-0.2, 0) is 0 Å². The van der Waals surface area contributed by atoms with Crippen molar-refractivity contribution in [1.29, 1.82) is 0 Å². The first-order chi connectivity index (χ1) is 20.6. The van der Waals surface area contributed by atoms with E-state index in [1.165, 1.54) is 48.5 Å². The molecule has 2 aromatic carbocycles. The van der Waals surface area contributed by atoms with Gasteiger partial charge in [-0.05, 0) is 71.1 Å². The van der Waals surface area contributed by atoms with E-state index in [2.05, 4.69) is 98.6 Å². The molecule has 0 atom stereocenters. The molecule has 0 spiro atoms. The van der Waals surface area contributed by atoms with Crippen molar-refractivity contribution in [2.24, 2.45) is 0 Å². The summed E-state index contributed by atoms with van der Waals surface area (Å²) >= 11 is 2.10. The van der Waals surface area contributed by atoms with E-state index >= 15 is 0 Å². The van der Waals surface area contributed by atoms with Crippen molar-refractivity contribution in [3.8, 4) is 46.3 Å². The fourth-order valence-corrected chi connectivity index (χ4v) is 3.74. The predicted octanol–water partition coefficient (Wildman–Crippen LogP) is 8.87. The van der Waals surface area contributed by atoms with Crippen LogP contribution in [0.25, 0.3) is 11.4 Å². The Labute approximate surface area is 273 Å². The molecule has 240 valence electrons. The average Bonchev–Trinajstić information content (AvgIpc) is 3.56. The van der Waals surface area contributed by atoms with Crippen molar-refractivity contribution in [2.45, 2.75) is 52.0 Å². The van der Waals surface area contributed by atoms with Crippen molar-refractivity contribution in [3.05, 3.63) is 82.5 Å². The smallest absolute Gasteiger partial charge is 0.406 e. The van der Waals surface area contributed by atoms with Crippen molar-refractivity contribution in [2.75, 3.05) is 0 Å². The summed E-state index contributed by atoms with van der Waals surface area (Å²) in [6, 6.07) is 11.0. The lowest BCUT2D eigenvalue weighted by molar-refractivity contribution is -0.275. The van der Waals surface area contributed by atoms with Crippen molar-refractivity contribution in [1.82, 2.24) is 19.6 Å². The Hall–Kier alpha value is -3.68. The summed E-state index contributed by atoms with van der Waals surface area (Å²) in [4.78, 5) is 0. The van der Waals surface area contributed by atoms with Gasteiger partial charge in [0.15, 0.2) is 0 Å². The Morgan fingerprint density at radius 2 is 1.09 bits per heavy atom. The maximum atomic E-state index is 12.1. The highest BCUT2D eigenvalue weighted by Gasteiger charge is 2.31. The zero-order chi connectivity index (χ0) is 34.1. The highest BCUT2D eigenvalue weighted by Crippen LogP contribution is 2.25. The molecule has 0 N–H and O–H groups in total. The number of hydrogen-bond acceptors (Lipinski definition) is 4. The van der Waals surface area contributed by atoms with Gasteiger partial charge < -0.3 is 9.47 Å². The first-order valence-electron chi connectivity index (χ1n) is 13.1. The highest BCUT2D eigenvalue weighted by molar-refractivity contribution is 14.1. The second-order valence-corrected chi connectivity index (χ2v) is 22.0. The third kappa shape index (κ3) is 15.7. The molecule has 0 saturated carbocycles. The minimum atomic E-state index is -4.69. The van der Waals surface area contributed by atoms with Crippen LogP contribution in [0.15, 0.2) is 73.3 Å². The third-order valence-corrected chi connectivity index (χ3v) is 7.12. The first kappa shape index (κ1) is 37.5. The summed E-state index contributed by atoms with van der Waals surface area (Å²) in [5, 5.41) is 8.19. The molecule has 2 aromatic heterocycles. The molecule has 15 heteroatoms.